The summed E-state index contributed by atoms with van der Waals surface area (Å²) in [6.45, 7) is 0. The number of nitrogens with two attached hydrogens (primary N) is 1. The number of carbonyl (C=O) groups excluding carboxylic acids is 1. The molecule has 0 radical (unpaired) electrons. The Morgan fingerprint density at radius 2 is 2.10 bits per heavy atom. The third kappa shape index (κ3) is 5.62. The van der Waals surface area contributed by atoms with Gasteiger partial charge < -0.3 is 15.6 Å². The molecule has 1 aliphatic rings. The fourth-order valence-corrected chi connectivity index (χ4v) is 2.42. The van der Waals surface area contributed by atoms with Crippen molar-refractivity contribution in [1.82, 2.24) is 0 Å². The summed E-state index contributed by atoms with van der Waals surface area (Å²) in [5, 5.41) is 8.62. The summed E-state index contributed by atoms with van der Waals surface area (Å²) in [4.78, 5) is 22.2. The second-order valence-electron chi connectivity index (χ2n) is 5.28. The number of carbonyl (C=O) groups is 2. The first-order valence-corrected chi connectivity index (χ1v) is 7.18. The lowest BCUT2D eigenvalue weighted by molar-refractivity contribution is -0.150. The molecule has 5 heteroatoms. The van der Waals surface area contributed by atoms with Crippen LogP contribution >= 0.6 is 0 Å². The van der Waals surface area contributed by atoms with Gasteiger partial charge in [-0.2, -0.15) is 0 Å². The summed E-state index contributed by atoms with van der Waals surface area (Å²) in [6.07, 6.45) is 11.0. The van der Waals surface area contributed by atoms with Crippen LogP contribution in [0.25, 0.3) is 0 Å². The molecule has 112 valence electrons. The van der Waals surface area contributed by atoms with Crippen LogP contribution in [0, 0.1) is 18.3 Å². The van der Waals surface area contributed by atoms with E-state index in [1.165, 1.54) is 0 Å². The molecule has 1 rings (SSSR count). The monoisotopic (exact) mass is 281 g/mol. The quantitative estimate of drug-likeness (QED) is 0.401. The summed E-state index contributed by atoms with van der Waals surface area (Å²) in [5.41, 5.74) is 5.39. The van der Waals surface area contributed by atoms with Gasteiger partial charge in [0.05, 0.1) is 5.92 Å². The van der Waals surface area contributed by atoms with Crippen molar-refractivity contribution in [2.45, 2.75) is 63.5 Å². The fourth-order valence-electron chi connectivity index (χ4n) is 2.42. The Bertz CT molecular complexity index is 375. The highest BCUT2D eigenvalue weighted by Gasteiger charge is 2.28. The van der Waals surface area contributed by atoms with E-state index in [2.05, 4.69) is 5.92 Å². The number of aliphatic carboxylic acids is 1. The van der Waals surface area contributed by atoms with Crippen molar-refractivity contribution in [1.29, 1.82) is 0 Å². The van der Waals surface area contributed by atoms with Gasteiger partial charge in [0.15, 0.2) is 0 Å². The van der Waals surface area contributed by atoms with Crippen molar-refractivity contribution in [2.24, 2.45) is 11.7 Å². The third-order valence-electron chi connectivity index (χ3n) is 3.66. The van der Waals surface area contributed by atoms with Crippen LogP contribution in [0.5, 0.6) is 0 Å². The van der Waals surface area contributed by atoms with Crippen molar-refractivity contribution in [3.8, 4) is 12.3 Å². The van der Waals surface area contributed by atoms with Crippen LogP contribution in [-0.2, 0) is 14.3 Å². The number of esters is 1. The Balaban J connectivity index is 2.09. The maximum atomic E-state index is 11.7. The summed E-state index contributed by atoms with van der Waals surface area (Å²) < 4.78 is 5.38. The predicted octanol–water partition coefficient (Wildman–Crippen LogP) is 1.69. The molecule has 0 amide bonds. The minimum atomic E-state index is -0.981. The Kier molecular flexibility index (Phi) is 7.10. The van der Waals surface area contributed by atoms with Crippen molar-refractivity contribution < 1.29 is 19.4 Å². The molecule has 0 aliphatic heterocycles. The van der Waals surface area contributed by atoms with Crippen LogP contribution in [0.4, 0.5) is 0 Å². The van der Waals surface area contributed by atoms with Crippen LogP contribution in [0.15, 0.2) is 0 Å². The van der Waals surface area contributed by atoms with Crippen LogP contribution in [0.1, 0.15) is 51.4 Å². The number of hydrogen-bond acceptors (Lipinski definition) is 4. The third-order valence-corrected chi connectivity index (χ3v) is 3.66. The van der Waals surface area contributed by atoms with Gasteiger partial charge in [-0.05, 0) is 32.1 Å². The van der Waals surface area contributed by atoms with E-state index in [4.69, 9.17) is 22.0 Å². The van der Waals surface area contributed by atoms with E-state index < -0.39 is 12.0 Å². The van der Waals surface area contributed by atoms with E-state index in [-0.39, 0.29) is 18.0 Å². The highest BCUT2D eigenvalue weighted by molar-refractivity contribution is 5.73. The molecule has 0 aromatic carbocycles. The molecule has 0 aromatic rings. The SMILES string of the molecule is C#CC1CCCC1OC(=O)CCCCC[C@H](N)C(=O)O. The van der Waals surface area contributed by atoms with E-state index in [0.29, 0.717) is 25.7 Å². The van der Waals surface area contributed by atoms with E-state index in [1.54, 1.807) is 0 Å². The molecule has 0 aromatic heterocycles. The number of carboxylic acids is 1. The average Bonchev–Trinajstić information content (AvgIpc) is 2.85. The summed E-state index contributed by atoms with van der Waals surface area (Å²) in [7, 11) is 0. The molecule has 3 atom stereocenters. The highest BCUT2D eigenvalue weighted by atomic mass is 16.5. The lowest BCUT2D eigenvalue weighted by Crippen LogP contribution is -2.29. The van der Waals surface area contributed by atoms with E-state index in [1.807, 2.05) is 0 Å². The first kappa shape index (κ1) is 16.5. The van der Waals surface area contributed by atoms with Gasteiger partial charge in [0.25, 0.3) is 0 Å². The zero-order chi connectivity index (χ0) is 15.0. The molecular formula is C15H23NO4. The Hall–Kier alpha value is -1.54. The maximum Gasteiger partial charge on any atom is 0.320 e. The minimum absolute atomic E-state index is 0.0625. The van der Waals surface area contributed by atoms with Gasteiger partial charge in [0.2, 0.25) is 0 Å². The van der Waals surface area contributed by atoms with E-state index >= 15 is 0 Å². The van der Waals surface area contributed by atoms with Crippen molar-refractivity contribution in [2.75, 3.05) is 0 Å². The van der Waals surface area contributed by atoms with Gasteiger partial charge in [-0.25, -0.2) is 0 Å². The second kappa shape index (κ2) is 8.60. The van der Waals surface area contributed by atoms with Gasteiger partial charge in [-0.1, -0.05) is 18.8 Å². The molecule has 1 fully saturated rings. The molecule has 0 saturated heterocycles. The molecule has 20 heavy (non-hydrogen) atoms. The Labute approximate surface area is 119 Å². The highest BCUT2D eigenvalue weighted by Crippen LogP contribution is 2.28. The number of hydrogen-bond donors (Lipinski definition) is 2. The Morgan fingerprint density at radius 1 is 1.35 bits per heavy atom. The van der Waals surface area contributed by atoms with Gasteiger partial charge in [-0.15, -0.1) is 6.42 Å². The summed E-state index contributed by atoms with van der Waals surface area (Å²) >= 11 is 0. The zero-order valence-electron chi connectivity index (χ0n) is 11.7. The zero-order valence-corrected chi connectivity index (χ0v) is 11.7. The molecule has 1 aliphatic carbocycles. The first-order valence-electron chi connectivity index (χ1n) is 7.18. The standard InChI is InChI=1S/C15H23NO4/c1-2-11-7-6-9-13(11)20-14(17)10-5-3-4-8-12(16)15(18)19/h1,11-13H,3-10,16H2,(H,18,19)/t11?,12-,13?/m0/s1. The first-order chi connectivity index (χ1) is 9.54. The van der Waals surface area contributed by atoms with Crippen molar-refractivity contribution in [3.05, 3.63) is 0 Å². The van der Waals surface area contributed by atoms with Gasteiger partial charge in [0, 0.05) is 6.42 Å². The lowest BCUT2D eigenvalue weighted by atomic mass is 10.1. The van der Waals surface area contributed by atoms with Crippen LogP contribution < -0.4 is 5.73 Å². The van der Waals surface area contributed by atoms with Crippen LogP contribution in [-0.4, -0.2) is 29.2 Å². The molecule has 0 bridgehead atoms. The minimum Gasteiger partial charge on any atom is -0.480 e. The van der Waals surface area contributed by atoms with Crippen molar-refractivity contribution >= 4 is 11.9 Å². The predicted molar refractivity (Wildman–Crippen MR) is 74.8 cm³/mol. The molecular weight excluding hydrogens is 258 g/mol. The number of ether oxygens (including phenoxy) is 1. The normalized spacial score (nSPS) is 23.0. The largest absolute Gasteiger partial charge is 0.480 e. The average molecular weight is 281 g/mol. The fraction of sp³-hybridized carbons (Fsp3) is 0.733. The summed E-state index contributed by atoms with van der Waals surface area (Å²) in [6, 6.07) is -0.808. The summed E-state index contributed by atoms with van der Waals surface area (Å²) in [5.74, 6) is 1.55. The van der Waals surface area contributed by atoms with Crippen LogP contribution in [0.2, 0.25) is 0 Å². The van der Waals surface area contributed by atoms with Gasteiger partial charge >= 0.3 is 11.9 Å². The number of carboxylic acid groups (broad SMARTS) is 1. The number of unbranched alkanes of at least 4 members (excludes halogenated alkanes) is 2. The Morgan fingerprint density at radius 3 is 2.75 bits per heavy atom. The molecule has 5 nitrogen and oxygen atoms in total. The molecule has 0 heterocycles. The number of terminal acetylenes is 1. The molecule has 1 saturated carbocycles. The van der Waals surface area contributed by atoms with E-state index in [9.17, 15) is 9.59 Å². The molecule has 0 spiro atoms. The smallest absolute Gasteiger partial charge is 0.320 e. The molecule has 2 unspecified atom stereocenters. The number of rotatable bonds is 8. The lowest BCUT2D eigenvalue weighted by Gasteiger charge is -2.15. The van der Waals surface area contributed by atoms with Gasteiger partial charge in [0.1, 0.15) is 12.1 Å². The van der Waals surface area contributed by atoms with Gasteiger partial charge in [-0.3, -0.25) is 9.59 Å². The topological polar surface area (TPSA) is 89.6 Å². The maximum absolute atomic E-state index is 11.7. The van der Waals surface area contributed by atoms with Crippen LogP contribution in [0.3, 0.4) is 0 Å². The van der Waals surface area contributed by atoms with E-state index in [0.717, 1.165) is 25.7 Å². The molecule has 3 N–H and O–H groups in total. The van der Waals surface area contributed by atoms with Crippen molar-refractivity contribution in [3.63, 3.8) is 0 Å². The second-order valence-corrected chi connectivity index (χ2v) is 5.28.